The van der Waals surface area contributed by atoms with Gasteiger partial charge in [-0.3, -0.25) is 4.99 Å². The van der Waals surface area contributed by atoms with E-state index >= 15 is 0 Å². The Bertz CT molecular complexity index is 501. The summed E-state index contributed by atoms with van der Waals surface area (Å²) in [5.41, 5.74) is 0.529. The molecule has 1 saturated carbocycles. The predicted octanol–water partition coefficient (Wildman–Crippen LogP) is 3.88. The fraction of sp³-hybridized carbons (Fsp3) is 0.588. The molecule has 0 saturated heterocycles. The zero-order chi connectivity index (χ0) is 16.0. The number of hydrogen-bond acceptors (Lipinski definition) is 2. The molecule has 1 unspecified atom stereocenters. The highest BCUT2D eigenvalue weighted by atomic mass is 127. The Labute approximate surface area is 161 Å². The second-order valence-electron chi connectivity index (χ2n) is 6.04. The van der Waals surface area contributed by atoms with Crippen LogP contribution in [0.15, 0.2) is 29.3 Å². The van der Waals surface area contributed by atoms with Gasteiger partial charge in [0.1, 0.15) is 0 Å². The van der Waals surface area contributed by atoms with Gasteiger partial charge in [-0.05, 0) is 44.4 Å². The zero-order valence-electron chi connectivity index (χ0n) is 13.8. The minimum atomic E-state index is -0.619. The summed E-state index contributed by atoms with van der Waals surface area (Å²) < 4.78 is 0. The van der Waals surface area contributed by atoms with E-state index < -0.39 is 5.60 Å². The molecule has 1 aliphatic rings. The molecule has 0 aliphatic heterocycles. The van der Waals surface area contributed by atoms with Crippen molar-refractivity contribution in [1.29, 1.82) is 0 Å². The molecule has 1 aliphatic carbocycles. The number of nitrogens with one attached hydrogen (secondary N) is 2. The second kappa shape index (κ2) is 9.69. The maximum atomic E-state index is 10.4. The van der Waals surface area contributed by atoms with Gasteiger partial charge in [-0.25, -0.2) is 0 Å². The molecule has 1 aromatic rings. The van der Waals surface area contributed by atoms with Crippen molar-refractivity contribution < 1.29 is 5.11 Å². The molecule has 0 heterocycles. The summed E-state index contributed by atoms with van der Waals surface area (Å²) in [7, 11) is 0. The number of hydrogen-bond donors (Lipinski definition) is 3. The normalized spacial score (nSPS) is 18.2. The van der Waals surface area contributed by atoms with Gasteiger partial charge in [-0.2, -0.15) is 0 Å². The highest BCUT2D eigenvalue weighted by molar-refractivity contribution is 14.0. The Morgan fingerprint density at radius 2 is 1.91 bits per heavy atom. The molecule has 1 aromatic carbocycles. The van der Waals surface area contributed by atoms with E-state index in [9.17, 15) is 5.11 Å². The van der Waals surface area contributed by atoms with Gasteiger partial charge in [-0.15, -0.1) is 24.0 Å². The van der Waals surface area contributed by atoms with Gasteiger partial charge in [0.25, 0.3) is 0 Å². The minimum absolute atomic E-state index is 0. The third-order valence-corrected chi connectivity index (χ3v) is 4.39. The van der Waals surface area contributed by atoms with Crippen molar-refractivity contribution >= 4 is 41.5 Å². The van der Waals surface area contributed by atoms with Gasteiger partial charge in [-0.1, -0.05) is 36.6 Å². The third-order valence-electron chi connectivity index (χ3n) is 4.13. The number of benzene rings is 1. The molecule has 1 fully saturated rings. The van der Waals surface area contributed by atoms with Crippen LogP contribution in [0.2, 0.25) is 5.02 Å². The van der Waals surface area contributed by atoms with Crippen LogP contribution < -0.4 is 10.6 Å². The van der Waals surface area contributed by atoms with E-state index in [0.717, 1.165) is 48.8 Å². The minimum Gasteiger partial charge on any atom is -0.388 e. The summed E-state index contributed by atoms with van der Waals surface area (Å²) >= 11 is 5.93. The molecule has 2 rings (SSSR count). The molecule has 0 spiro atoms. The van der Waals surface area contributed by atoms with Crippen molar-refractivity contribution in [3.8, 4) is 0 Å². The van der Waals surface area contributed by atoms with Crippen molar-refractivity contribution in [1.82, 2.24) is 10.6 Å². The molecule has 6 heteroatoms. The van der Waals surface area contributed by atoms with Gasteiger partial charge in [0, 0.05) is 11.6 Å². The van der Waals surface area contributed by atoms with E-state index in [1.165, 1.54) is 0 Å². The van der Waals surface area contributed by atoms with Crippen LogP contribution in [-0.4, -0.2) is 29.8 Å². The van der Waals surface area contributed by atoms with Crippen molar-refractivity contribution in [2.24, 2.45) is 4.99 Å². The van der Waals surface area contributed by atoms with E-state index in [-0.39, 0.29) is 30.0 Å². The molecule has 130 valence electrons. The molecule has 4 nitrogen and oxygen atoms in total. The van der Waals surface area contributed by atoms with Gasteiger partial charge in [0.05, 0.1) is 18.2 Å². The largest absolute Gasteiger partial charge is 0.388 e. The smallest absolute Gasteiger partial charge is 0.191 e. The molecule has 0 radical (unpaired) electrons. The first-order chi connectivity index (χ1) is 10.5. The SMILES string of the molecule is CCNC(=NCC1(O)CCCC1)NC(C)c1ccc(Cl)cc1.I. The fourth-order valence-corrected chi connectivity index (χ4v) is 2.90. The van der Waals surface area contributed by atoms with Crippen LogP contribution in [0.1, 0.15) is 51.1 Å². The van der Waals surface area contributed by atoms with E-state index in [2.05, 4.69) is 22.5 Å². The molecule has 0 bridgehead atoms. The number of guanidine groups is 1. The van der Waals surface area contributed by atoms with Crippen LogP contribution in [0.25, 0.3) is 0 Å². The standard InChI is InChI=1S/C17H26ClN3O.HI/c1-3-19-16(20-12-17(22)10-4-5-11-17)21-13(2)14-6-8-15(18)9-7-14;/h6-9,13,22H,3-5,10-12H2,1-2H3,(H2,19,20,21);1H. The van der Waals surface area contributed by atoms with E-state index in [1.807, 2.05) is 31.2 Å². The van der Waals surface area contributed by atoms with Crippen LogP contribution in [0, 0.1) is 0 Å². The van der Waals surface area contributed by atoms with E-state index in [0.29, 0.717) is 6.54 Å². The molecule has 0 amide bonds. The fourth-order valence-electron chi connectivity index (χ4n) is 2.78. The molecule has 0 aromatic heterocycles. The lowest BCUT2D eigenvalue weighted by atomic mass is 10.0. The van der Waals surface area contributed by atoms with Crippen molar-refractivity contribution in [3.05, 3.63) is 34.9 Å². The highest BCUT2D eigenvalue weighted by Crippen LogP contribution is 2.29. The molecular weight excluding hydrogens is 425 g/mol. The summed E-state index contributed by atoms with van der Waals surface area (Å²) in [4.78, 5) is 4.57. The average molecular weight is 452 g/mol. The van der Waals surface area contributed by atoms with E-state index in [1.54, 1.807) is 0 Å². The van der Waals surface area contributed by atoms with Crippen LogP contribution >= 0.6 is 35.6 Å². The Hall–Kier alpha value is -0.530. The number of aliphatic hydroxyl groups is 1. The number of halogens is 2. The van der Waals surface area contributed by atoms with Crippen molar-refractivity contribution in [3.63, 3.8) is 0 Å². The summed E-state index contributed by atoms with van der Waals surface area (Å²) in [6.45, 7) is 5.36. The average Bonchev–Trinajstić information content (AvgIpc) is 2.93. The first-order valence-electron chi connectivity index (χ1n) is 8.05. The Kier molecular flexibility index (Phi) is 8.64. The van der Waals surface area contributed by atoms with Crippen LogP contribution in [-0.2, 0) is 0 Å². The van der Waals surface area contributed by atoms with Gasteiger partial charge in [0.15, 0.2) is 5.96 Å². The van der Waals surface area contributed by atoms with E-state index in [4.69, 9.17) is 11.6 Å². The number of aliphatic imine (C=N–C) groups is 1. The maximum Gasteiger partial charge on any atom is 0.191 e. The monoisotopic (exact) mass is 451 g/mol. The van der Waals surface area contributed by atoms with Crippen molar-refractivity contribution in [2.75, 3.05) is 13.1 Å². The molecular formula is C17H27ClIN3O. The molecule has 3 N–H and O–H groups in total. The topological polar surface area (TPSA) is 56.7 Å². The van der Waals surface area contributed by atoms with Gasteiger partial charge >= 0.3 is 0 Å². The Morgan fingerprint density at radius 3 is 2.48 bits per heavy atom. The lowest BCUT2D eigenvalue weighted by molar-refractivity contribution is 0.0574. The lowest BCUT2D eigenvalue weighted by Gasteiger charge is -2.22. The summed E-state index contributed by atoms with van der Waals surface area (Å²) in [5, 5.41) is 17.8. The van der Waals surface area contributed by atoms with Gasteiger partial charge < -0.3 is 15.7 Å². The highest BCUT2D eigenvalue weighted by Gasteiger charge is 2.30. The Morgan fingerprint density at radius 1 is 1.30 bits per heavy atom. The van der Waals surface area contributed by atoms with Crippen molar-refractivity contribution in [2.45, 2.75) is 51.2 Å². The first kappa shape index (κ1) is 20.5. The van der Waals surface area contributed by atoms with Crippen LogP contribution in [0.5, 0.6) is 0 Å². The molecule has 1 atom stereocenters. The van der Waals surface area contributed by atoms with Crippen LogP contribution in [0.3, 0.4) is 0 Å². The second-order valence-corrected chi connectivity index (χ2v) is 6.48. The number of nitrogens with zero attached hydrogens (tertiary/aromatic N) is 1. The number of rotatable bonds is 5. The lowest BCUT2D eigenvalue weighted by Crippen LogP contribution is -2.40. The maximum absolute atomic E-state index is 10.4. The van der Waals surface area contributed by atoms with Gasteiger partial charge in [0.2, 0.25) is 0 Å². The summed E-state index contributed by atoms with van der Waals surface area (Å²) in [6, 6.07) is 7.91. The summed E-state index contributed by atoms with van der Waals surface area (Å²) in [5.74, 6) is 0.741. The predicted molar refractivity (Wildman–Crippen MR) is 108 cm³/mol. The quantitative estimate of drug-likeness (QED) is 0.362. The van der Waals surface area contributed by atoms with Crippen LogP contribution in [0.4, 0.5) is 0 Å². The Balaban J connectivity index is 0.00000264. The first-order valence-corrected chi connectivity index (χ1v) is 8.43. The third kappa shape index (κ3) is 6.47. The zero-order valence-corrected chi connectivity index (χ0v) is 16.9. The summed E-state index contributed by atoms with van der Waals surface area (Å²) in [6.07, 6.45) is 3.89. The molecule has 23 heavy (non-hydrogen) atoms.